The quantitative estimate of drug-likeness (QED) is 0.413. The van der Waals surface area contributed by atoms with Crippen molar-refractivity contribution in [3.63, 3.8) is 0 Å². The molecule has 1 heterocycles. The molecule has 2 fully saturated rings. The van der Waals surface area contributed by atoms with Crippen LogP contribution in [0.5, 0.6) is 0 Å². The van der Waals surface area contributed by atoms with Crippen LogP contribution in [-0.2, 0) is 26.2 Å². The Balaban J connectivity index is 1.44. The Kier molecular flexibility index (Phi) is 9.49. The Bertz CT molecular complexity index is 1220. The molecular formula is C31H43N3O4S. The van der Waals surface area contributed by atoms with Gasteiger partial charge in [-0.25, -0.2) is 8.42 Å². The van der Waals surface area contributed by atoms with Crippen LogP contribution in [0.4, 0.5) is 0 Å². The van der Waals surface area contributed by atoms with Gasteiger partial charge in [0.2, 0.25) is 21.8 Å². The number of piperidine rings is 1. The molecule has 0 aromatic heterocycles. The van der Waals surface area contributed by atoms with Crippen molar-refractivity contribution in [2.75, 3.05) is 31.9 Å². The number of aryl methyl sites for hydroxylation is 1. The molecule has 1 aliphatic heterocycles. The molecule has 2 atom stereocenters. The van der Waals surface area contributed by atoms with E-state index in [2.05, 4.69) is 12.1 Å². The van der Waals surface area contributed by atoms with E-state index in [4.69, 9.17) is 0 Å². The summed E-state index contributed by atoms with van der Waals surface area (Å²) in [6, 6.07) is 18.3. The average molecular weight is 554 g/mol. The largest absolute Gasteiger partial charge is 0.342 e. The van der Waals surface area contributed by atoms with Gasteiger partial charge in [0, 0.05) is 38.1 Å². The van der Waals surface area contributed by atoms with E-state index in [0.717, 1.165) is 17.5 Å². The smallest absolute Gasteiger partial charge is 0.238 e. The Morgan fingerprint density at radius 3 is 2.23 bits per heavy atom. The Morgan fingerprint density at radius 1 is 1.00 bits per heavy atom. The minimum Gasteiger partial charge on any atom is -0.342 e. The highest BCUT2D eigenvalue weighted by molar-refractivity contribution is 7.89. The molecule has 39 heavy (non-hydrogen) atoms. The molecule has 0 N–H and O–H groups in total. The van der Waals surface area contributed by atoms with Gasteiger partial charge in [-0.3, -0.25) is 9.59 Å². The minimum absolute atomic E-state index is 0.0311. The maximum absolute atomic E-state index is 13.7. The van der Waals surface area contributed by atoms with Crippen molar-refractivity contribution in [2.45, 2.75) is 65.5 Å². The molecule has 4 rings (SSSR count). The van der Waals surface area contributed by atoms with E-state index in [9.17, 15) is 18.0 Å². The highest BCUT2D eigenvalue weighted by atomic mass is 32.2. The summed E-state index contributed by atoms with van der Waals surface area (Å²) in [4.78, 5) is 30.8. The van der Waals surface area contributed by atoms with Crippen LogP contribution < -0.4 is 0 Å². The van der Waals surface area contributed by atoms with Crippen molar-refractivity contribution in [3.8, 4) is 0 Å². The molecule has 0 spiro atoms. The van der Waals surface area contributed by atoms with E-state index in [1.165, 1.54) is 9.87 Å². The molecule has 1 saturated heterocycles. The van der Waals surface area contributed by atoms with Crippen molar-refractivity contribution in [1.29, 1.82) is 0 Å². The summed E-state index contributed by atoms with van der Waals surface area (Å²) in [6.45, 7) is 9.39. The van der Waals surface area contributed by atoms with E-state index in [1.54, 1.807) is 6.92 Å². The molecule has 1 saturated carbocycles. The summed E-state index contributed by atoms with van der Waals surface area (Å²) in [7, 11) is -3.51. The summed E-state index contributed by atoms with van der Waals surface area (Å²) in [5, 5.41) is 0. The first-order chi connectivity index (χ1) is 18.6. The van der Waals surface area contributed by atoms with Gasteiger partial charge in [0.25, 0.3) is 0 Å². The number of rotatable bonds is 11. The highest BCUT2D eigenvalue weighted by Crippen LogP contribution is 2.48. The predicted molar refractivity (Wildman–Crippen MR) is 154 cm³/mol. The third kappa shape index (κ3) is 7.48. The second kappa shape index (κ2) is 12.6. The molecule has 7 nitrogen and oxygen atoms in total. The number of nitrogens with zero attached hydrogens (tertiary/aromatic N) is 3. The van der Waals surface area contributed by atoms with Crippen molar-refractivity contribution in [2.24, 2.45) is 11.8 Å². The van der Waals surface area contributed by atoms with Crippen molar-refractivity contribution in [1.82, 2.24) is 14.1 Å². The number of carbonyl (C=O) groups excluding carboxylic acids is 2. The van der Waals surface area contributed by atoms with Gasteiger partial charge < -0.3 is 9.80 Å². The maximum atomic E-state index is 13.7. The molecule has 2 aromatic carbocycles. The van der Waals surface area contributed by atoms with Crippen LogP contribution in [0, 0.1) is 18.8 Å². The molecule has 8 heteroatoms. The Labute approximate surface area is 234 Å². The number of amides is 2. The fourth-order valence-electron chi connectivity index (χ4n) is 5.59. The first-order valence-corrected chi connectivity index (χ1v) is 15.9. The Morgan fingerprint density at radius 2 is 1.64 bits per heavy atom. The zero-order valence-electron chi connectivity index (χ0n) is 23.8. The molecule has 2 aromatic rings. The molecule has 0 bridgehead atoms. The fourth-order valence-corrected chi connectivity index (χ4v) is 6.79. The third-order valence-corrected chi connectivity index (χ3v) is 9.78. The Hall–Kier alpha value is -2.71. The summed E-state index contributed by atoms with van der Waals surface area (Å²) >= 11 is 0. The van der Waals surface area contributed by atoms with Gasteiger partial charge >= 0.3 is 0 Å². The van der Waals surface area contributed by atoms with Gasteiger partial charge in [0.15, 0.2) is 0 Å². The van der Waals surface area contributed by atoms with Gasteiger partial charge in [0.05, 0.1) is 12.3 Å². The fraction of sp³-hybridized carbons (Fsp3) is 0.548. The van der Waals surface area contributed by atoms with Crippen LogP contribution >= 0.6 is 0 Å². The van der Waals surface area contributed by atoms with E-state index < -0.39 is 10.0 Å². The summed E-state index contributed by atoms with van der Waals surface area (Å²) in [5.74, 6) is 0.485. The lowest BCUT2D eigenvalue weighted by Gasteiger charge is -2.39. The number of hydrogen-bond donors (Lipinski definition) is 0. The van der Waals surface area contributed by atoms with Gasteiger partial charge in [-0.15, -0.1) is 0 Å². The van der Waals surface area contributed by atoms with Crippen molar-refractivity contribution < 1.29 is 18.0 Å². The van der Waals surface area contributed by atoms with Gasteiger partial charge in [-0.2, -0.15) is 4.31 Å². The second-order valence-electron chi connectivity index (χ2n) is 11.5. The second-order valence-corrected chi connectivity index (χ2v) is 13.8. The molecule has 1 aliphatic carbocycles. The minimum atomic E-state index is -3.51. The van der Waals surface area contributed by atoms with E-state index in [-0.39, 0.29) is 42.0 Å². The monoisotopic (exact) mass is 553 g/mol. The SMILES string of the molecule is CCS(=O)(=O)N(CC(=O)N(Cc1ccc(C)cc1)C1CCN(C(=O)[C@@H]2C[C@@H]2c2ccccc2)CC1)CC(C)C. The van der Waals surface area contributed by atoms with E-state index in [1.807, 2.05) is 73.0 Å². The standard InChI is InChI=1S/C31H43N3O4S/c1-5-39(37,38)33(20-23(2)3)22-30(35)34(21-25-13-11-24(4)12-14-25)27-15-17-32(18-16-27)31(36)29-19-28(29)26-9-7-6-8-10-26/h6-14,23,27-29H,5,15-22H2,1-4H3/t28-,29-/m1/s1. The number of sulfonamides is 1. The van der Waals surface area contributed by atoms with Gasteiger partial charge in [0.1, 0.15) is 0 Å². The lowest BCUT2D eigenvalue weighted by molar-refractivity contribution is -0.138. The molecule has 2 aliphatic rings. The normalized spacial score (nSPS) is 19.9. The van der Waals surface area contributed by atoms with Crippen LogP contribution in [0.15, 0.2) is 54.6 Å². The van der Waals surface area contributed by atoms with Crippen molar-refractivity contribution >= 4 is 21.8 Å². The number of benzene rings is 2. The van der Waals surface area contributed by atoms with Crippen LogP contribution in [0.2, 0.25) is 0 Å². The molecule has 2 amide bonds. The van der Waals surface area contributed by atoms with Crippen LogP contribution in [0.25, 0.3) is 0 Å². The first-order valence-electron chi connectivity index (χ1n) is 14.3. The van der Waals surface area contributed by atoms with E-state index >= 15 is 0 Å². The van der Waals surface area contributed by atoms with Crippen LogP contribution in [-0.4, -0.2) is 72.3 Å². The van der Waals surface area contributed by atoms with Gasteiger partial charge in [-0.05, 0) is 56.1 Å². The van der Waals surface area contributed by atoms with Crippen molar-refractivity contribution in [3.05, 3.63) is 71.3 Å². The topological polar surface area (TPSA) is 78.0 Å². The van der Waals surface area contributed by atoms with Crippen LogP contribution in [0.3, 0.4) is 0 Å². The van der Waals surface area contributed by atoms with Gasteiger partial charge in [-0.1, -0.05) is 74.0 Å². The summed E-state index contributed by atoms with van der Waals surface area (Å²) in [6.07, 6.45) is 2.28. The molecular weight excluding hydrogens is 510 g/mol. The molecule has 0 radical (unpaired) electrons. The summed E-state index contributed by atoms with van der Waals surface area (Å²) < 4.78 is 26.9. The summed E-state index contributed by atoms with van der Waals surface area (Å²) in [5.41, 5.74) is 3.40. The third-order valence-electron chi connectivity index (χ3n) is 7.98. The number of hydrogen-bond acceptors (Lipinski definition) is 4. The number of carbonyl (C=O) groups is 2. The lowest BCUT2D eigenvalue weighted by atomic mass is 10.0. The molecule has 0 unspecified atom stereocenters. The zero-order chi connectivity index (χ0) is 28.2. The maximum Gasteiger partial charge on any atom is 0.238 e. The van der Waals surface area contributed by atoms with Crippen LogP contribution in [0.1, 0.15) is 62.6 Å². The number of likely N-dealkylation sites (tertiary alicyclic amines) is 1. The predicted octanol–water partition coefficient (Wildman–Crippen LogP) is 4.43. The molecule has 212 valence electrons. The highest BCUT2D eigenvalue weighted by Gasteiger charge is 2.46. The average Bonchev–Trinajstić information content (AvgIpc) is 3.73. The first kappa shape index (κ1) is 29.3. The lowest BCUT2D eigenvalue weighted by Crippen LogP contribution is -2.52. The van der Waals surface area contributed by atoms with E-state index in [0.29, 0.717) is 44.9 Å². The zero-order valence-corrected chi connectivity index (χ0v) is 24.6.